The molecule has 13 heavy (non-hydrogen) atoms. The van der Waals surface area contributed by atoms with Crippen LogP contribution in [-0.2, 0) is 0 Å². The number of alkyl halides is 2. The first kappa shape index (κ1) is 6.85. The van der Waals surface area contributed by atoms with Gasteiger partial charge in [0.05, 0.1) is 12.0 Å². The molecule has 0 amide bonds. The fourth-order valence-corrected chi connectivity index (χ4v) is 9.18. The summed E-state index contributed by atoms with van der Waals surface area (Å²) < 4.78 is 0.817. The molecule has 6 fully saturated rings. The Labute approximate surface area is 93.1 Å². The van der Waals surface area contributed by atoms with E-state index >= 15 is 0 Å². The van der Waals surface area contributed by atoms with Gasteiger partial charge < -0.3 is 0 Å². The molecule has 6 aliphatic carbocycles. The minimum absolute atomic E-state index is 0.280. The van der Waals surface area contributed by atoms with Gasteiger partial charge in [-0.25, -0.2) is 0 Å². The van der Waals surface area contributed by atoms with E-state index in [0.717, 1.165) is 35.5 Å². The highest BCUT2D eigenvalue weighted by molar-refractivity contribution is 9.10. The van der Waals surface area contributed by atoms with E-state index in [-0.39, 0.29) is 4.32 Å². The molecular formula is C10H7Br2N. The van der Waals surface area contributed by atoms with Crippen molar-refractivity contribution in [3.63, 3.8) is 0 Å². The van der Waals surface area contributed by atoms with Gasteiger partial charge in [-0.05, 0) is 35.5 Å². The van der Waals surface area contributed by atoms with Crippen LogP contribution in [0.2, 0.25) is 0 Å². The molecule has 0 heterocycles. The van der Waals surface area contributed by atoms with Gasteiger partial charge in [0, 0.05) is 8.65 Å². The molecular weight excluding hydrogens is 294 g/mol. The molecule has 6 aliphatic rings. The molecule has 3 heteroatoms. The van der Waals surface area contributed by atoms with Gasteiger partial charge in [-0.2, -0.15) is 5.26 Å². The van der Waals surface area contributed by atoms with Gasteiger partial charge in [0.25, 0.3) is 0 Å². The van der Waals surface area contributed by atoms with Crippen molar-refractivity contribution in [3.05, 3.63) is 0 Å². The zero-order valence-corrected chi connectivity index (χ0v) is 9.92. The molecule has 66 valence electrons. The van der Waals surface area contributed by atoms with E-state index in [2.05, 4.69) is 37.9 Å². The number of halogens is 2. The highest BCUT2D eigenvalue weighted by atomic mass is 79.9. The Morgan fingerprint density at radius 3 is 1.92 bits per heavy atom. The largest absolute Gasteiger partial charge is 0.198 e. The fraction of sp³-hybridized carbons (Fsp3) is 0.900. The van der Waals surface area contributed by atoms with Crippen LogP contribution < -0.4 is 0 Å². The quantitative estimate of drug-likeness (QED) is 0.629. The Morgan fingerprint density at radius 1 is 0.923 bits per heavy atom. The van der Waals surface area contributed by atoms with E-state index in [4.69, 9.17) is 0 Å². The lowest BCUT2D eigenvalue weighted by Crippen LogP contribution is -2.93. The molecule has 0 radical (unpaired) electrons. The van der Waals surface area contributed by atoms with Crippen molar-refractivity contribution in [2.45, 2.75) is 8.65 Å². The molecule has 0 saturated heterocycles. The third kappa shape index (κ3) is 0.308. The maximum absolute atomic E-state index is 9.19. The average Bonchev–Trinajstić information content (AvgIpc) is 2.28. The summed E-state index contributed by atoms with van der Waals surface area (Å²) in [5.41, 5.74) is 0. The lowest BCUT2D eigenvalue weighted by molar-refractivity contribution is -0.337. The Morgan fingerprint density at radius 2 is 1.46 bits per heavy atom. The van der Waals surface area contributed by atoms with Gasteiger partial charge in [0.2, 0.25) is 0 Å². The Balaban J connectivity index is 1.81. The number of rotatable bonds is 0. The highest BCUT2D eigenvalue weighted by Gasteiger charge is 3.04. The van der Waals surface area contributed by atoms with Crippen LogP contribution in [0.1, 0.15) is 0 Å². The van der Waals surface area contributed by atoms with Crippen molar-refractivity contribution in [1.82, 2.24) is 0 Å². The van der Waals surface area contributed by atoms with Crippen molar-refractivity contribution in [2.24, 2.45) is 41.4 Å². The molecule has 0 aromatic heterocycles. The molecule has 6 saturated carbocycles. The summed E-state index contributed by atoms with van der Waals surface area (Å²) in [7, 11) is 0. The minimum atomic E-state index is 0.280. The Kier molecular flexibility index (Phi) is 0.724. The van der Waals surface area contributed by atoms with E-state index < -0.39 is 0 Å². The van der Waals surface area contributed by atoms with Gasteiger partial charge in [0.1, 0.15) is 0 Å². The van der Waals surface area contributed by atoms with Gasteiger partial charge >= 0.3 is 0 Å². The van der Waals surface area contributed by atoms with Crippen LogP contribution in [0.3, 0.4) is 0 Å². The van der Waals surface area contributed by atoms with E-state index in [1.54, 1.807) is 0 Å². The number of hydrogen-bond donors (Lipinski definition) is 0. The van der Waals surface area contributed by atoms with Crippen LogP contribution in [0.5, 0.6) is 0 Å². The SMILES string of the molecule is N#C[C@@H]1C2[C@@H]3[C@@H]4C5[C@@H]([C@@H]2C53Br)C14Br. The molecule has 0 N–H and O–H groups in total. The number of hydrogen-bond acceptors (Lipinski definition) is 1. The molecule has 1 nitrogen and oxygen atoms in total. The summed E-state index contributed by atoms with van der Waals surface area (Å²) in [4.78, 5) is 0. The summed E-state index contributed by atoms with van der Waals surface area (Å²) in [5, 5.41) is 9.19. The summed E-state index contributed by atoms with van der Waals surface area (Å²) in [6, 6.07) is 2.55. The number of nitriles is 1. The third-order valence-corrected chi connectivity index (χ3v) is 9.07. The Hall–Kier alpha value is 0.450. The number of nitrogens with zero attached hydrogens (tertiary/aromatic N) is 1. The van der Waals surface area contributed by atoms with Gasteiger partial charge in [-0.1, -0.05) is 31.9 Å². The van der Waals surface area contributed by atoms with Crippen molar-refractivity contribution < 1.29 is 0 Å². The van der Waals surface area contributed by atoms with E-state index in [9.17, 15) is 5.26 Å². The molecule has 5 atom stereocenters. The maximum atomic E-state index is 9.19. The lowest BCUT2D eigenvalue weighted by atomic mass is 9.20. The smallest absolute Gasteiger partial charge is 0.0673 e. The predicted molar refractivity (Wildman–Crippen MR) is 53.4 cm³/mol. The molecule has 0 aromatic carbocycles. The molecule has 0 aromatic rings. The van der Waals surface area contributed by atoms with E-state index in [1.807, 2.05) is 0 Å². The third-order valence-electron chi connectivity index (χ3n) is 5.93. The predicted octanol–water partition coefficient (Wildman–Crippen LogP) is 2.16. The standard InChI is InChI=1S/C10H7Br2N/c11-9-2(1-13)3-4-6(9)8-7(9)5(3)10(4,8)12/h2-8H/t2-,3?,4-,5-,6-,7-,8?,9?,10?/m1/s1. The van der Waals surface area contributed by atoms with Crippen LogP contribution >= 0.6 is 31.9 Å². The molecule has 6 rings (SSSR count). The zero-order valence-electron chi connectivity index (χ0n) is 6.74. The average molecular weight is 301 g/mol. The highest BCUT2D eigenvalue weighted by Crippen LogP contribution is 3.02. The van der Waals surface area contributed by atoms with Gasteiger partial charge in [-0.15, -0.1) is 0 Å². The first-order chi connectivity index (χ1) is 6.18. The normalized spacial score (nSPS) is 88.5. The Bertz CT molecular complexity index is 392. The van der Waals surface area contributed by atoms with Crippen LogP contribution in [0.4, 0.5) is 0 Å². The summed E-state index contributed by atoms with van der Waals surface area (Å²) in [6.07, 6.45) is 0. The van der Waals surface area contributed by atoms with E-state index in [1.165, 1.54) is 0 Å². The summed E-state index contributed by atoms with van der Waals surface area (Å²) in [5.74, 6) is 5.46. The second-order valence-corrected chi connectivity index (χ2v) is 8.21. The topological polar surface area (TPSA) is 23.8 Å². The monoisotopic (exact) mass is 299 g/mol. The van der Waals surface area contributed by atoms with Gasteiger partial charge in [0.15, 0.2) is 0 Å². The minimum Gasteiger partial charge on any atom is -0.198 e. The van der Waals surface area contributed by atoms with Crippen molar-refractivity contribution in [2.75, 3.05) is 0 Å². The maximum Gasteiger partial charge on any atom is 0.0673 e. The summed E-state index contributed by atoms with van der Waals surface area (Å²) >= 11 is 7.82. The first-order valence-electron chi connectivity index (χ1n) is 4.96. The second kappa shape index (κ2) is 1.38. The molecule has 0 spiro atoms. The van der Waals surface area contributed by atoms with Crippen molar-refractivity contribution in [1.29, 1.82) is 5.26 Å². The van der Waals surface area contributed by atoms with E-state index in [0.29, 0.717) is 10.2 Å². The second-order valence-electron chi connectivity index (χ2n) is 5.47. The first-order valence-corrected chi connectivity index (χ1v) is 6.54. The zero-order chi connectivity index (χ0) is 8.75. The van der Waals surface area contributed by atoms with Crippen LogP contribution in [0.15, 0.2) is 0 Å². The molecule has 0 aliphatic heterocycles. The van der Waals surface area contributed by atoms with Crippen molar-refractivity contribution >= 4 is 31.9 Å². The molecule has 0 unspecified atom stereocenters. The van der Waals surface area contributed by atoms with Crippen LogP contribution in [-0.4, -0.2) is 8.65 Å². The molecule has 2 bridgehead atoms. The summed E-state index contributed by atoms with van der Waals surface area (Å²) in [6.45, 7) is 0. The fourth-order valence-electron chi connectivity index (χ4n) is 5.89. The van der Waals surface area contributed by atoms with Crippen molar-refractivity contribution in [3.8, 4) is 6.07 Å². The van der Waals surface area contributed by atoms with Gasteiger partial charge in [-0.3, -0.25) is 0 Å². The van der Waals surface area contributed by atoms with Crippen LogP contribution in [0.25, 0.3) is 0 Å². The lowest BCUT2D eigenvalue weighted by Gasteiger charge is -2.90. The van der Waals surface area contributed by atoms with Crippen LogP contribution in [0, 0.1) is 52.8 Å².